The highest BCUT2D eigenvalue weighted by atomic mass is 14.9. The number of aryl methyl sites for hydroxylation is 17. The second-order valence-electron chi connectivity index (χ2n) is 22.0. The maximum atomic E-state index is 7.98. The lowest BCUT2D eigenvalue weighted by atomic mass is 9.95. The third-order valence-corrected chi connectivity index (χ3v) is 15.8. The summed E-state index contributed by atoms with van der Waals surface area (Å²) in [5.74, 6) is 0.781. The first-order chi connectivity index (χ1) is 46.5. The monoisotopic (exact) mass is 1130 g/mol. The maximum absolute atomic E-state index is 7.98. The van der Waals surface area contributed by atoms with E-state index >= 15 is 0 Å². The summed E-state index contributed by atoms with van der Waals surface area (Å²) in [5, 5.41) is 0. The molecule has 0 bridgehead atoms. The second-order valence-corrected chi connectivity index (χ2v) is 22.0. The lowest BCUT2D eigenvalue weighted by molar-refractivity contribution is -0.661. The fourth-order valence-corrected chi connectivity index (χ4v) is 10.7. The highest BCUT2D eigenvalue weighted by Crippen LogP contribution is 2.35. The number of hydrogen-bond acceptors (Lipinski definition) is 1. The zero-order valence-electron chi connectivity index (χ0n) is 67.5. The third kappa shape index (κ3) is 16.1. The van der Waals surface area contributed by atoms with Crippen LogP contribution in [0.3, 0.4) is 0 Å². The minimum Gasteiger partial charge on any atom is -0.256 e. The number of benzene rings is 5. The van der Waals surface area contributed by atoms with Crippen molar-refractivity contribution >= 4 is 0 Å². The molecule has 1 fully saturated rings. The molecule has 0 unspecified atom stereocenters. The molecule has 432 valence electrons. The van der Waals surface area contributed by atoms with Gasteiger partial charge in [-0.2, -0.15) is 0 Å². The molecule has 5 aromatic heterocycles. The standard InChI is InChI=1S/C18H22N.2C16H20N.C15H18N.C14H15N/c1-14-7-3-6-10-17(14)18-13-16(11-12-19(18)2)15-8-4-5-9-15;1-5-14-10-16(17(4)11-13(14)3)15-9-7-6-8-12(15)2;1-5-14-11-17(4)16(10-13(14)3)15-9-7-6-8-12(15)2;1-11-7-5-6-8-14(11)15-9-12(2)13(3)10-16(15)4;1-10-6-4-5-7-13(10)14-8-11(2)12(3)9-15-14/h3,6-7,10-13,15H,4-5,8-9H2,1-2H3;2*6-11H,5H2,1-4H3;5-10H,1-4H3;4-9H,1-3H3/q4*+1;/i;3D3,5D2;5D2;2D3,3D3;3D3. The Morgan fingerprint density at radius 3 is 1.24 bits per heavy atom. The van der Waals surface area contributed by atoms with Crippen LogP contribution in [0.1, 0.15) is 145 Å². The number of aromatic nitrogens is 5. The molecule has 1 aliphatic carbocycles. The molecule has 0 N–H and O–H groups in total. The Morgan fingerprint density at radius 1 is 0.393 bits per heavy atom. The van der Waals surface area contributed by atoms with Gasteiger partial charge < -0.3 is 0 Å². The summed E-state index contributed by atoms with van der Waals surface area (Å²) in [4.78, 5) is 4.28. The van der Waals surface area contributed by atoms with E-state index in [0.29, 0.717) is 11.3 Å². The molecule has 0 aliphatic heterocycles. The van der Waals surface area contributed by atoms with Gasteiger partial charge in [0.25, 0.3) is 0 Å². The van der Waals surface area contributed by atoms with Crippen molar-refractivity contribution in [1.29, 1.82) is 0 Å². The molecule has 5 nitrogen and oxygen atoms in total. The molecule has 5 heterocycles. The second kappa shape index (κ2) is 29.9. The molecule has 0 amide bonds. The summed E-state index contributed by atoms with van der Waals surface area (Å²) in [7, 11) is 7.61. The van der Waals surface area contributed by atoms with Crippen LogP contribution < -0.4 is 18.3 Å². The molecule has 10 aromatic rings. The van der Waals surface area contributed by atoms with Gasteiger partial charge in [0.1, 0.15) is 28.2 Å². The van der Waals surface area contributed by atoms with Crippen molar-refractivity contribution in [2.24, 2.45) is 28.2 Å². The Hall–Kier alpha value is -8.15. The van der Waals surface area contributed by atoms with Crippen molar-refractivity contribution < 1.29 is 40.2 Å². The SMILES string of the molecule is Cc1ccccc1-c1cc(C2CCCC2)cc[n+]1C.[2H]C([2H])(C)c1c[n+](C)c(-c2ccccc2C)cc1C.[2H]C([2H])([2H])c1c[n+](C)c(-c2ccccc2C)cc1C([2H])([2H])C.[2H]C([2H])([2H])c1cc(-c2ccccc2C)[n+](C)cc1C([2H])([2H])[2H].[2H]C([2H])([2H])c1cnc(-c2ccccc2C)cc1C. The van der Waals surface area contributed by atoms with Crippen molar-refractivity contribution in [2.75, 3.05) is 0 Å². The molecule has 5 aromatic carbocycles. The zero-order chi connectivity index (χ0) is 74.2. The van der Waals surface area contributed by atoms with Gasteiger partial charge in [-0.1, -0.05) is 124 Å². The van der Waals surface area contributed by atoms with Gasteiger partial charge in [-0.15, -0.1) is 0 Å². The van der Waals surface area contributed by atoms with Crippen LogP contribution in [0, 0.1) is 75.9 Å². The molecule has 5 heteroatoms. The first kappa shape index (κ1) is 44.4. The Morgan fingerprint density at radius 2 is 0.798 bits per heavy atom. The van der Waals surface area contributed by atoms with E-state index in [4.69, 9.17) is 21.9 Å². The lowest BCUT2D eigenvalue weighted by Crippen LogP contribution is -2.32. The normalized spacial score (nSPS) is 15.5. The van der Waals surface area contributed by atoms with Gasteiger partial charge in [-0.3, -0.25) is 4.98 Å². The predicted octanol–water partition coefficient (Wildman–Crippen LogP) is 17.6. The Balaban J connectivity index is 0.000000176. The van der Waals surface area contributed by atoms with Gasteiger partial charge in [-0.05, 0) is 199 Å². The van der Waals surface area contributed by atoms with Gasteiger partial charge in [-0.25, -0.2) is 18.3 Å². The number of hydrogen-bond donors (Lipinski definition) is 0. The quantitative estimate of drug-likeness (QED) is 0.139. The highest BCUT2D eigenvalue weighted by molar-refractivity contribution is 5.66. The summed E-state index contributed by atoms with van der Waals surface area (Å²) < 4.78 is 130. The van der Waals surface area contributed by atoms with Crippen molar-refractivity contribution in [3.05, 3.63) is 267 Å². The van der Waals surface area contributed by atoms with Crippen LogP contribution >= 0.6 is 0 Å². The molecule has 0 atom stereocenters. The number of rotatable bonds is 8. The van der Waals surface area contributed by atoms with Gasteiger partial charge in [0.15, 0.2) is 24.8 Å². The van der Waals surface area contributed by atoms with Gasteiger partial charge in [0, 0.05) is 103 Å². The van der Waals surface area contributed by atoms with Crippen LogP contribution in [0.15, 0.2) is 189 Å². The van der Waals surface area contributed by atoms with Crippen LogP contribution in [0.2, 0.25) is 0 Å². The highest BCUT2D eigenvalue weighted by Gasteiger charge is 2.22. The van der Waals surface area contributed by atoms with E-state index in [9.17, 15) is 0 Å². The first-order valence-corrected chi connectivity index (χ1v) is 28.9. The van der Waals surface area contributed by atoms with Gasteiger partial charge >= 0.3 is 0 Å². The van der Waals surface area contributed by atoms with E-state index in [1.165, 1.54) is 90.8 Å². The fraction of sp³-hybridized carbons (Fsp3) is 0.304. The van der Waals surface area contributed by atoms with E-state index in [2.05, 4.69) is 91.2 Å². The van der Waals surface area contributed by atoms with E-state index < -0.39 is 40.2 Å². The van der Waals surface area contributed by atoms with Gasteiger partial charge in [0.05, 0.1) is 5.69 Å². The van der Waals surface area contributed by atoms with Gasteiger partial charge in [0.2, 0.25) is 22.8 Å². The van der Waals surface area contributed by atoms with Crippen molar-refractivity contribution in [1.82, 2.24) is 4.98 Å². The summed E-state index contributed by atoms with van der Waals surface area (Å²) in [6.07, 6.45) is 11.0. The third-order valence-electron chi connectivity index (χ3n) is 15.8. The minimum atomic E-state index is -2.48. The summed E-state index contributed by atoms with van der Waals surface area (Å²) in [5.41, 5.74) is 20.3. The molecule has 0 saturated heterocycles. The number of nitrogens with zero attached hydrogens (tertiary/aromatic N) is 5. The van der Waals surface area contributed by atoms with E-state index in [0.717, 1.165) is 73.1 Å². The van der Waals surface area contributed by atoms with Crippen LogP contribution in [-0.2, 0) is 40.9 Å². The molecular formula is C79H95N5+4. The molecule has 0 spiro atoms. The predicted molar refractivity (Wildman–Crippen MR) is 354 cm³/mol. The average molecular weight is 1130 g/mol. The van der Waals surface area contributed by atoms with Crippen molar-refractivity contribution in [3.63, 3.8) is 0 Å². The first-order valence-electron chi connectivity index (χ1n) is 36.9. The topological polar surface area (TPSA) is 28.4 Å². The summed E-state index contributed by atoms with van der Waals surface area (Å²) in [6, 6.07) is 52.0. The van der Waals surface area contributed by atoms with E-state index in [1.54, 1.807) is 36.2 Å². The Kier molecular flexibility index (Phi) is 15.8. The largest absolute Gasteiger partial charge is 0.256 e. The molecule has 1 aliphatic rings. The lowest BCUT2D eigenvalue weighted by Gasteiger charge is -2.11. The molecule has 84 heavy (non-hydrogen) atoms. The van der Waals surface area contributed by atoms with Crippen molar-refractivity contribution in [3.8, 4) is 56.3 Å². The van der Waals surface area contributed by atoms with E-state index in [-0.39, 0.29) is 22.3 Å². The smallest absolute Gasteiger partial charge is 0.212 e. The Bertz CT molecular complexity index is 4370. The number of pyridine rings is 5. The molecule has 11 rings (SSSR count). The average Bonchev–Trinajstić information content (AvgIpc) is 1.07. The summed E-state index contributed by atoms with van der Waals surface area (Å²) >= 11 is 0. The zero-order valence-corrected chi connectivity index (χ0v) is 51.5. The van der Waals surface area contributed by atoms with Crippen LogP contribution in [0.4, 0.5) is 0 Å². The maximum Gasteiger partial charge on any atom is 0.212 e. The molecular weight excluding hydrogens is 1020 g/mol. The fourth-order valence-electron chi connectivity index (χ4n) is 10.7. The minimum absolute atomic E-state index is 0.0554. The van der Waals surface area contributed by atoms with E-state index in [1.807, 2.05) is 143 Å². The molecule has 1 saturated carbocycles. The molecule has 0 radical (unpaired) electrons. The Labute approximate surface area is 528 Å². The van der Waals surface area contributed by atoms with Crippen molar-refractivity contribution in [2.45, 2.75) is 134 Å². The van der Waals surface area contributed by atoms with Crippen LogP contribution in [-0.4, -0.2) is 4.98 Å². The van der Waals surface area contributed by atoms with Crippen LogP contribution in [0.5, 0.6) is 0 Å². The summed E-state index contributed by atoms with van der Waals surface area (Å²) in [6.45, 7) is 7.60. The van der Waals surface area contributed by atoms with Crippen LogP contribution in [0.25, 0.3) is 56.3 Å².